The molecule has 0 bridgehead atoms. The Labute approximate surface area is 216 Å². The molecule has 0 radical (unpaired) electrons. The maximum Gasteiger partial charge on any atom is 0.413 e. The Bertz CT molecular complexity index is 1380. The third-order valence-corrected chi connectivity index (χ3v) is 8.02. The zero-order valence-corrected chi connectivity index (χ0v) is 23.8. The van der Waals surface area contributed by atoms with Gasteiger partial charge in [-0.3, -0.25) is 5.32 Å². The van der Waals surface area contributed by atoms with Crippen molar-refractivity contribution < 1.29 is 19.0 Å². The van der Waals surface area contributed by atoms with Crippen LogP contribution >= 0.6 is 11.3 Å². The van der Waals surface area contributed by atoms with Crippen LogP contribution in [0.1, 0.15) is 20.8 Å². The van der Waals surface area contributed by atoms with Crippen LogP contribution in [0.15, 0.2) is 36.0 Å². The number of nitrogens with zero attached hydrogens (tertiary/aromatic N) is 3. The Morgan fingerprint density at radius 1 is 1.17 bits per heavy atom. The van der Waals surface area contributed by atoms with Gasteiger partial charge in [0.05, 0.1) is 22.8 Å². The predicted molar refractivity (Wildman–Crippen MR) is 149 cm³/mol. The molecule has 192 valence electrons. The van der Waals surface area contributed by atoms with Gasteiger partial charge in [0.1, 0.15) is 29.5 Å². The van der Waals surface area contributed by atoms with Crippen molar-refractivity contribution in [2.75, 3.05) is 19.0 Å². The molecule has 0 spiro atoms. The first-order valence-electron chi connectivity index (χ1n) is 11.9. The van der Waals surface area contributed by atoms with E-state index in [4.69, 9.17) is 19.2 Å². The average molecular weight is 527 g/mol. The molecule has 1 N–H and O–H groups in total. The van der Waals surface area contributed by atoms with E-state index >= 15 is 0 Å². The zero-order valence-electron chi connectivity index (χ0n) is 22.0. The van der Waals surface area contributed by atoms with Gasteiger partial charge in [-0.15, -0.1) is 11.3 Å². The van der Waals surface area contributed by atoms with Crippen molar-refractivity contribution in [3.63, 3.8) is 0 Å². The van der Waals surface area contributed by atoms with E-state index in [-0.39, 0.29) is 0 Å². The summed E-state index contributed by atoms with van der Waals surface area (Å²) in [5, 5.41) is 3.67. The predicted octanol–water partition coefficient (Wildman–Crippen LogP) is 6.98. The molecule has 0 saturated heterocycles. The molecule has 0 aliphatic heterocycles. The quantitative estimate of drug-likeness (QED) is 0.197. The second-order valence-electron chi connectivity index (χ2n) is 10.9. The molecule has 3 aromatic heterocycles. The van der Waals surface area contributed by atoms with Crippen LogP contribution in [0.2, 0.25) is 25.7 Å². The highest BCUT2D eigenvalue weighted by molar-refractivity contribution is 7.16. The van der Waals surface area contributed by atoms with E-state index in [1.807, 2.05) is 55.2 Å². The molecule has 0 atom stereocenters. The SMILES string of the molecule is COc1cc2scnc2cc1-c1cn(COCC[Si](C)(C)C)c2nc(NC(=O)OC(C)(C)C)ccc12. The van der Waals surface area contributed by atoms with Gasteiger partial charge in [-0.05, 0) is 45.0 Å². The number of thiazole rings is 1. The summed E-state index contributed by atoms with van der Waals surface area (Å²) in [6.45, 7) is 13.5. The first-order valence-corrected chi connectivity index (χ1v) is 16.5. The standard InChI is InChI=1S/C26H34N4O4SSi/c1-26(2,3)34-25(31)29-23-9-8-17-19(18-12-20-22(35-15-27-20)13-21(18)32-4)14-30(24(17)28-23)16-33-10-11-36(5,6)7/h8-9,12-15H,10-11,16H2,1-7H3,(H,28,29,31). The highest BCUT2D eigenvalue weighted by Gasteiger charge is 2.20. The second-order valence-corrected chi connectivity index (χ2v) is 17.4. The van der Waals surface area contributed by atoms with Gasteiger partial charge in [0.15, 0.2) is 0 Å². The van der Waals surface area contributed by atoms with Crippen LogP contribution in [0.5, 0.6) is 5.75 Å². The molecular formula is C26H34N4O4SSi. The van der Waals surface area contributed by atoms with E-state index in [1.54, 1.807) is 24.5 Å². The van der Waals surface area contributed by atoms with Gasteiger partial charge < -0.3 is 18.8 Å². The number of carbonyl (C=O) groups excluding carboxylic acids is 1. The Morgan fingerprint density at radius 2 is 1.94 bits per heavy atom. The number of nitrogens with one attached hydrogen (secondary N) is 1. The summed E-state index contributed by atoms with van der Waals surface area (Å²) in [5.41, 5.74) is 4.74. The summed E-state index contributed by atoms with van der Waals surface area (Å²) < 4.78 is 20.2. The number of amides is 1. The highest BCUT2D eigenvalue weighted by atomic mass is 32.1. The molecule has 8 nitrogen and oxygen atoms in total. The minimum absolute atomic E-state index is 0.352. The minimum Gasteiger partial charge on any atom is -0.496 e. The number of benzene rings is 1. The van der Waals surface area contributed by atoms with Crippen molar-refractivity contribution in [3.05, 3.63) is 36.0 Å². The van der Waals surface area contributed by atoms with Gasteiger partial charge in [-0.2, -0.15) is 0 Å². The Kier molecular flexibility index (Phi) is 7.40. The lowest BCUT2D eigenvalue weighted by atomic mass is 10.0. The largest absolute Gasteiger partial charge is 0.496 e. The van der Waals surface area contributed by atoms with Gasteiger partial charge >= 0.3 is 6.09 Å². The van der Waals surface area contributed by atoms with Gasteiger partial charge in [0, 0.05) is 43.5 Å². The van der Waals surface area contributed by atoms with Crippen LogP contribution in [0.3, 0.4) is 0 Å². The zero-order chi connectivity index (χ0) is 26.1. The van der Waals surface area contributed by atoms with Crippen molar-refractivity contribution in [1.29, 1.82) is 0 Å². The fourth-order valence-corrected chi connectivity index (χ4v) is 5.20. The van der Waals surface area contributed by atoms with Crippen LogP contribution in [0.25, 0.3) is 32.4 Å². The number of carbonyl (C=O) groups is 1. The highest BCUT2D eigenvalue weighted by Crippen LogP contribution is 2.39. The van der Waals surface area contributed by atoms with Crippen molar-refractivity contribution in [3.8, 4) is 16.9 Å². The lowest BCUT2D eigenvalue weighted by Crippen LogP contribution is -2.27. The third kappa shape index (κ3) is 6.24. The summed E-state index contributed by atoms with van der Waals surface area (Å²) in [6.07, 6.45) is 1.48. The Morgan fingerprint density at radius 3 is 2.64 bits per heavy atom. The molecule has 4 aromatic rings. The van der Waals surface area contributed by atoms with E-state index in [1.165, 1.54) is 0 Å². The third-order valence-electron chi connectivity index (χ3n) is 5.52. The smallest absolute Gasteiger partial charge is 0.413 e. The fourth-order valence-electron chi connectivity index (χ4n) is 3.76. The first-order chi connectivity index (χ1) is 16.9. The van der Waals surface area contributed by atoms with E-state index in [2.05, 4.69) is 29.9 Å². The molecular weight excluding hydrogens is 492 g/mol. The fraction of sp³-hybridized carbons (Fsp3) is 0.423. The van der Waals surface area contributed by atoms with Crippen LogP contribution in [-0.4, -0.2) is 48.0 Å². The van der Waals surface area contributed by atoms with Crippen molar-refractivity contribution in [2.24, 2.45) is 0 Å². The van der Waals surface area contributed by atoms with E-state index in [0.717, 1.165) is 38.5 Å². The summed E-state index contributed by atoms with van der Waals surface area (Å²) in [5.74, 6) is 1.17. The van der Waals surface area contributed by atoms with Crippen molar-refractivity contribution >= 4 is 52.6 Å². The van der Waals surface area contributed by atoms with Gasteiger partial charge in [-0.25, -0.2) is 14.8 Å². The monoisotopic (exact) mass is 526 g/mol. The lowest BCUT2D eigenvalue weighted by Gasteiger charge is -2.19. The maximum atomic E-state index is 12.3. The molecule has 1 amide bonds. The summed E-state index contributed by atoms with van der Waals surface area (Å²) >= 11 is 1.58. The Hall–Kier alpha value is -2.95. The molecule has 3 heterocycles. The molecule has 4 rings (SSSR count). The summed E-state index contributed by atoms with van der Waals surface area (Å²) in [4.78, 5) is 21.6. The lowest BCUT2D eigenvalue weighted by molar-refractivity contribution is 0.0635. The van der Waals surface area contributed by atoms with Crippen molar-refractivity contribution in [1.82, 2.24) is 14.5 Å². The molecule has 0 aliphatic carbocycles. The van der Waals surface area contributed by atoms with Crippen LogP contribution in [0, 0.1) is 0 Å². The summed E-state index contributed by atoms with van der Waals surface area (Å²) in [6, 6.07) is 8.87. The Balaban J connectivity index is 1.73. The van der Waals surface area contributed by atoms with Crippen molar-refractivity contribution in [2.45, 2.75) is 58.8 Å². The molecule has 0 aliphatic rings. The van der Waals surface area contributed by atoms with Crippen LogP contribution in [0.4, 0.5) is 10.6 Å². The number of methoxy groups -OCH3 is 1. The molecule has 0 saturated carbocycles. The first kappa shape index (κ1) is 26.1. The maximum absolute atomic E-state index is 12.3. The number of anilines is 1. The number of fused-ring (bicyclic) bond motifs is 2. The van der Waals surface area contributed by atoms with Gasteiger partial charge in [-0.1, -0.05) is 19.6 Å². The normalized spacial score (nSPS) is 12.3. The molecule has 10 heteroatoms. The molecule has 36 heavy (non-hydrogen) atoms. The number of ether oxygens (including phenoxy) is 3. The molecule has 1 aromatic carbocycles. The number of aromatic nitrogens is 3. The van der Waals surface area contributed by atoms with Crippen LogP contribution in [-0.2, 0) is 16.2 Å². The average Bonchev–Trinajstić information content (AvgIpc) is 3.37. The second kappa shape index (κ2) is 10.2. The molecule has 0 fully saturated rings. The number of hydrogen-bond acceptors (Lipinski definition) is 7. The van der Waals surface area contributed by atoms with E-state index in [0.29, 0.717) is 24.8 Å². The van der Waals surface area contributed by atoms with Gasteiger partial charge in [0.2, 0.25) is 0 Å². The van der Waals surface area contributed by atoms with Gasteiger partial charge in [0.25, 0.3) is 0 Å². The minimum atomic E-state index is -1.21. The molecule has 0 unspecified atom stereocenters. The summed E-state index contributed by atoms with van der Waals surface area (Å²) in [7, 11) is 0.463. The topological polar surface area (TPSA) is 87.5 Å². The number of hydrogen-bond donors (Lipinski definition) is 1. The number of rotatable bonds is 8. The van der Waals surface area contributed by atoms with Crippen LogP contribution < -0.4 is 10.1 Å². The van der Waals surface area contributed by atoms with E-state index in [9.17, 15) is 4.79 Å². The van der Waals surface area contributed by atoms with E-state index < -0.39 is 19.8 Å². The number of pyridine rings is 1.